The fourth-order valence-electron chi connectivity index (χ4n) is 0. The molecule has 0 heterocycles. The second kappa shape index (κ2) is 119. The van der Waals surface area contributed by atoms with E-state index in [9.17, 15) is 0 Å². The Hall–Kier alpha value is -0.251. The molecule has 0 saturated carbocycles. The van der Waals surface area contributed by atoms with Crippen molar-refractivity contribution >= 4 is 0 Å². The van der Waals surface area contributed by atoms with Crippen molar-refractivity contribution in [3.8, 4) is 0 Å². The molecule has 0 rings (SSSR count). The summed E-state index contributed by atoms with van der Waals surface area (Å²) in [6, 6.07) is 0. The van der Waals surface area contributed by atoms with Crippen molar-refractivity contribution in [3.05, 3.63) is 19.2 Å². The average Bonchev–Trinajstić information content (AvgIpc) is 1.46. The van der Waals surface area contributed by atoms with Gasteiger partial charge >= 0.3 is 17.1 Å². The number of hydrogen-bond donors (Lipinski definition) is 0. The van der Waals surface area contributed by atoms with Crippen LogP contribution in [0.3, 0.4) is 0 Å². The van der Waals surface area contributed by atoms with Crippen LogP contribution < -0.4 is 0 Å². The summed E-state index contributed by atoms with van der Waals surface area (Å²) in [5, 5.41) is 6.25. The second-order valence-electron chi connectivity index (χ2n) is 0.333. The first-order valence-electron chi connectivity index (χ1n) is 1.13. The maximum absolute atomic E-state index is 6.25. The van der Waals surface area contributed by atoms with Crippen LogP contribution in [0.1, 0.15) is 6.92 Å². The van der Waals surface area contributed by atoms with Crippen molar-refractivity contribution in [2.45, 2.75) is 6.92 Å². The zero-order valence-corrected chi connectivity index (χ0v) is 4.35. The van der Waals surface area contributed by atoms with Crippen LogP contribution in [-0.2, 0) is 17.1 Å². The van der Waals surface area contributed by atoms with E-state index in [1.54, 1.807) is 6.92 Å². The van der Waals surface area contributed by atoms with E-state index < -0.39 is 0 Å². The number of nitrogens with zero attached hydrogens (tertiary/aromatic N) is 1. The normalized spacial score (nSPS) is 2.50. The van der Waals surface area contributed by atoms with Gasteiger partial charge in [0.05, 0.1) is 0 Å². The van der Waals surface area contributed by atoms with E-state index in [1.807, 2.05) is 0 Å². The summed E-state index contributed by atoms with van der Waals surface area (Å²) in [4.78, 5) is 0. The van der Waals surface area contributed by atoms with Gasteiger partial charge in [-0.1, -0.05) is 6.92 Å². The molecule has 0 saturated heterocycles. The quantitative estimate of drug-likeness (QED) is 0.356. The van der Waals surface area contributed by atoms with E-state index in [0.717, 1.165) is 0 Å². The van der Waals surface area contributed by atoms with E-state index >= 15 is 0 Å². The first kappa shape index (κ1) is 17.2. The second-order valence-corrected chi connectivity index (χ2v) is 0.333. The van der Waals surface area contributed by atoms with E-state index in [2.05, 4.69) is 0 Å². The number of hydrogen-bond acceptors (Lipinski definition) is 1. The van der Waals surface area contributed by atoms with Crippen molar-refractivity contribution in [1.29, 1.82) is 5.26 Å². The molecular formula is C4H5CuN. The van der Waals surface area contributed by atoms with E-state index in [4.69, 9.17) is 18.4 Å². The molecule has 0 amide bonds. The Morgan fingerprint density at radius 2 is 1.67 bits per heavy atom. The minimum absolute atomic E-state index is 0. The molecule has 0 unspecified atom stereocenters. The smallest absolute Gasteiger partial charge is 0.518 e. The van der Waals surface area contributed by atoms with Crippen LogP contribution in [0.25, 0.3) is 0 Å². The molecule has 0 spiro atoms. The molecule has 0 aromatic rings. The van der Waals surface area contributed by atoms with Crippen LogP contribution in [0.15, 0.2) is 6.08 Å². The number of rotatable bonds is 0. The molecule has 1 nitrogen and oxygen atoms in total. The Labute approximate surface area is 49.1 Å². The molecule has 0 aliphatic carbocycles. The maximum atomic E-state index is 6.25. The summed E-state index contributed by atoms with van der Waals surface area (Å²) in [6.07, 6.45) is 1.50. The van der Waals surface area contributed by atoms with Gasteiger partial charge in [-0.3, -0.25) is 6.08 Å². The third kappa shape index (κ3) is 452. The van der Waals surface area contributed by atoms with Gasteiger partial charge in [0.2, 0.25) is 0 Å². The van der Waals surface area contributed by atoms with Crippen molar-refractivity contribution in [3.63, 3.8) is 0 Å². The van der Waals surface area contributed by atoms with Crippen molar-refractivity contribution in [2.24, 2.45) is 0 Å². The molecule has 0 bridgehead atoms. The minimum atomic E-state index is 0. The van der Waals surface area contributed by atoms with Crippen LogP contribution in [0.4, 0.5) is 0 Å². The van der Waals surface area contributed by atoms with Gasteiger partial charge in [0.15, 0.2) is 0 Å². The summed E-state index contributed by atoms with van der Waals surface area (Å²) in [7, 11) is 0. The van der Waals surface area contributed by atoms with Crippen LogP contribution >= 0.6 is 0 Å². The van der Waals surface area contributed by atoms with Gasteiger partial charge in [-0.15, -0.1) is 0 Å². The first-order valence-corrected chi connectivity index (χ1v) is 1.13. The molecule has 1 radical (unpaired) electrons. The minimum Gasteiger partial charge on any atom is -0.518 e. The molecule has 0 aliphatic rings. The Bertz CT molecular complexity index is 31.8. The summed E-state index contributed by atoms with van der Waals surface area (Å²) in [6.45, 7) is 11.2. The standard InChI is InChI=1S/C3H5.CN.Cu/c1-3-2;1-2;/h1,3H,2H3;;/q2*-1;+2. The molecule has 0 aromatic heterocycles. The summed E-state index contributed by atoms with van der Waals surface area (Å²) in [5.74, 6) is 0. The molecule has 0 atom stereocenters. The van der Waals surface area contributed by atoms with E-state index in [0.29, 0.717) is 0 Å². The van der Waals surface area contributed by atoms with Gasteiger partial charge in [0.1, 0.15) is 0 Å². The zero-order chi connectivity index (χ0) is 4.71. The molecule has 37 valence electrons. The summed E-state index contributed by atoms with van der Waals surface area (Å²) in [5.41, 5.74) is 0. The predicted octanol–water partition coefficient (Wildman–Crippen LogP) is 1.09. The fourth-order valence-corrected chi connectivity index (χ4v) is 0. The Kier molecular flexibility index (Phi) is 340. The average molecular weight is 131 g/mol. The van der Waals surface area contributed by atoms with Crippen LogP contribution in [0.2, 0.25) is 0 Å². The first-order chi connectivity index (χ1) is 2.41. The monoisotopic (exact) mass is 130 g/mol. The van der Waals surface area contributed by atoms with Crippen molar-refractivity contribution in [1.82, 2.24) is 0 Å². The van der Waals surface area contributed by atoms with Gasteiger partial charge in [-0.25, -0.2) is 0 Å². The zero-order valence-electron chi connectivity index (χ0n) is 3.40. The van der Waals surface area contributed by atoms with Crippen molar-refractivity contribution in [2.75, 3.05) is 0 Å². The molecule has 0 fully saturated rings. The van der Waals surface area contributed by atoms with Gasteiger partial charge < -0.3 is 18.4 Å². The molecule has 0 aliphatic heterocycles. The third-order valence-electron chi connectivity index (χ3n) is 0. The Morgan fingerprint density at radius 3 is 1.67 bits per heavy atom. The van der Waals surface area contributed by atoms with Crippen molar-refractivity contribution < 1.29 is 17.1 Å². The predicted molar refractivity (Wildman–Crippen MR) is 19.5 cm³/mol. The molecule has 0 aromatic carbocycles. The largest absolute Gasteiger partial charge is 2.00 e. The van der Waals surface area contributed by atoms with E-state index in [-0.39, 0.29) is 17.1 Å². The van der Waals surface area contributed by atoms with Gasteiger partial charge in [-0.05, 0) is 0 Å². The van der Waals surface area contributed by atoms with Gasteiger partial charge in [0, 0.05) is 0 Å². The van der Waals surface area contributed by atoms with E-state index in [1.165, 1.54) is 6.08 Å². The summed E-state index contributed by atoms with van der Waals surface area (Å²) < 4.78 is 0. The maximum Gasteiger partial charge on any atom is 2.00 e. The summed E-state index contributed by atoms with van der Waals surface area (Å²) >= 11 is 0. The molecular weight excluding hydrogens is 126 g/mol. The number of allylic oxidation sites excluding steroid dienone is 1. The Balaban J connectivity index is -0.0000000275. The van der Waals surface area contributed by atoms with Gasteiger partial charge in [-0.2, -0.15) is 0 Å². The molecule has 2 heteroatoms. The van der Waals surface area contributed by atoms with Crippen LogP contribution in [0, 0.1) is 18.4 Å². The Morgan fingerprint density at radius 1 is 1.67 bits per heavy atom. The van der Waals surface area contributed by atoms with Crippen LogP contribution in [0.5, 0.6) is 0 Å². The SMILES string of the molecule is [C-]#N.[CH-]=CC.[Cu+2]. The topological polar surface area (TPSA) is 23.8 Å². The third-order valence-corrected chi connectivity index (χ3v) is 0. The van der Waals surface area contributed by atoms with Gasteiger partial charge in [0.25, 0.3) is 0 Å². The molecule has 0 N–H and O–H groups in total. The van der Waals surface area contributed by atoms with Crippen LogP contribution in [-0.4, -0.2) is 0 Å². The fraction of sp³-hybridized carbons (Fsp3) is 0.250. The molecule has 6 heavy (non-hydrogen) atoms.